The van der Waals surface area contributed by atoms with Crippen LogP contribution in [-0.2, 0) is 13.0 Å². The van der Waals surface area contributed by atoms with Gasteiger partial charge in [-0.05, 0) is 42.7 Å². The molecule has 0 bridgehead atoms. The second-order valence-corrected chi connectivity index (χ2v) is 6.99. The molecule has 3 aromatic rings. The molecule has 1 heterocycles. The predicted octanol–water partition coefficient (Wildman–Crippen LogP) is 3.87. The van der Waals surface area contributed by atoms with E-state index in [0.29, 0.717) is 22.5 Å². The third-order valence-corrected chi connectivity index (χ3v) is 4.81. The van der Waals surface area contributed by atoms with Crippen LogP contribution in [0.3, 0.4) is 0 Å². The molecule has 0 aliphatic rings. The zero-order chi connectivity index (χ0) is 19.8. The molecule has 0 amide bonds. The molecule has 0 unspecified atom stereocenters. The van der Waals surface area contributed by atoms with Gasteiger partial charge in [0.2, 0.25) is 0 Å². The van der Waals surface area contributed by atoms with Crippen molar-refractivity contribution < 1.29 is 0 Å². The molecule has 2 N–H and O–H groups in total. The maximum Gasteiger partial charge on any atom is 0.191 e. The molecule has 8 heteroatoms. The summed E-state index contributed by atoms with van der Waals surface area (Å²) in [5.74, 6) is 1.52. The lowest BCUT2D eigenvalue weighted by Gasteiger charge is -2.12. The van der Waals surface area contributed by atoms with E-state index in [9.17, 15) is 0 Å². The summed E-state index contributed by atoms with van der Waals surface area (Å²) in [4.78, 5) is 4.26. The largest absolute Gasteiger partial charge is 0.356 e. The van der Waals surface area contributed by atoms with Crippen LogP contribution in [-0.4, -0.2) is 34.3 Å². The summed E-state index contributed by atoms with van der Waals surface area (Å²) >= 11 is 12.1. The number of para-hydroxylation sites is 1. The number of nitrogens with one attached hydrogen (secondary N) is 2. The number of aryl methyl sites for hydroxylation is 1. The lowest BCUT2D eigenvalue weighted by Crippen LogP contribution is -2.38. The molecule has 0 spiro atoms. The van der Waals surface area contributed by atoms with Crippen molar-refractivity contribution >= 4 is 29.2 Å². The average Bonchev–Trinajstić information content (AvgIpc) is 3.18. The fourth-order valence-corrected chi connectivity index (χ4v) is 3.28. The second kappa shape index (κ2) is 10.1. The normalized spacial score (nSPS) is 11.5. The molecule has 0 saturated heterocycles. The number of hydrogen-bond acceptors (Lipinski definition) is 3. The molecule has 0 aliphatic carbocycles. The number of aliphatic imine (C=N–C) groups is 1. The maximum atomic E-state index is 6.21. The van der Waals surface area contributed by atoms with E-state index in [4.69, 9.17) is 23.2 Å². The Morgan fingerprint density at radius 3 is 2.68 bits per heavy atom. The number of nitrogens with zero attached hydrogens (tertiary/aromatic N) is 4. The van der Waals surface area contributed by atoms with E-state index >= 15 is 0 Å². The standard InChI is InChI=1S/C20H22Cl2N6/c1-23-20(24-11-5-6-15-9-10-16(21)12-18(15)22)25-13-19-27-26-14-28(19)17-7-3-2-4-8-17/h2-4,7-10,12,14H,5-6,11,13H2,1H3,(H2,23,24,25). The van der Waals surface area contributed by atoms with Crippen LogP contribution in [0.2, 0.25) is 10.0 Å². The molecule has 0 fully saturated rings. The molecule has 146 valence electrons. The van der Waals surface area contributed by atoms with Crippen LogP contribution in [0.15, 0.2) is 59.9 Å². The van der Waals surface area contributed by atoms with Gasteiger partial charge in [0.1, 0.15) is 6.33 Å². The van der Waals surface area contributed by atoms with E-state index in [1.165, 1.54) is 0 Å². The van der Waals surface area contributed by atoms with Crippen LogP contribution < -0.4 is 10.6 Å². The summed E-state index contributed by atoms with van der Waals surface area (Å²) in [6.45, 7) is 1.28. The van der Waals surface area contributed by atoms with Crippen LogP contribution in [0.5, 0.6) is 0 Å². The third kappa shape index (κ3) is 5.47. The van der Waals surface area contributed by atoms with Gasteiger partial charge in [0.15, 0.2) is 11.8 Å². The number of aromatic nitrogens is 3. The van der Waals surface area contributed by atoms with Gasteiger partial charge in [-0.1, -0.05) is 47.5 Å². The van der Waals surface area contributed by atoms with Gasteiger partial charge in [0.05, 0.1) is 6.54 Å². The van der Waals surface area contributed by atoms with Gasteiger partial charge in [-0.25, -0.2) is 0 Å². The summed E-state index contributed by atoms with van der Waals surface area (Å²) in [5, 5.41) is 16.1. The lowest BCUT2D eigenvalue weighted by atomic mass is 10.1. The van der Waals surface area contributed by atoms with E-state index in [0.717, 1.165) is 36.5 Å². The molecule has 0 aliphatic heterocycles. The minimum absolute atomic E-state index is 0.511. The quantitative estimate of drug-likeness (QED) is 0.348. The van der Waals surface area contributed by atoms with Crippen molar-refractivity contribution in [3.8, 4) is 5.69 Å². The molecule has 28 heavy (non-hydrogen) atoms. The predicted molar refractivity (Wildman–Crippen MR) is 114 cm³/mol. The highest BCUT2D eigenvalue weighted by Crippen LogP contribution is 2.21. The van der Waals surface area contributed by atoms with Crippen molar-refractivity contribution in [1.82, 2.24) is 25.4 Å². The number of halogens is 2. The molecular weight excluding hydrogens is 395 g/mol. The first kappa shape index (κ1) is 20.2. The van der Waals surface area contributed by atoms with E-state index < -0.39 is 0 Å². The fourth-order valence-electron chi connectivity index (χ4n) is 2.78. The Morgan fingerprint density at radius 1 is 1.11 bits per heavy atom. The van der Waals surface area contributed by atoms with Crippen LogP contribution in [0, 0.1) is 0 Å². The highest BCUT2D eigenvalue weighted by molar-refractivity contribution is 6.35. The van der Waals surface area contributed by atoms with Gasteiger partial charge < -0.3 is 10.6 Å². The molecule has 3 rings (SSSR count). The van der Waals surface area contributed by atoms with Crippen molar-refractivity contribution in [1.29, 1.82) is 0 Å². The Labute approximate surface area is 174 Å². The van der Waals surface area contributed by atoms with Crippen molar-refractivity contribution in [2.24, 2.45) is 4.99 Å². The number of benzene rings is 2. The summed E-state index contributed by atoms with van der Waals surface area (Å²) in [5.41, 5.74) is 2.11. The van der Waals surface area contributed by atoms with Gasteiger partial charge >= 0.3 is 0 Å². The Bertz CT molecular complexity index is 923. The Kier molecular flexibility index (Phi) is 7.28. The number of hydrogen-bond donors (Lipinski definition) is 2. The van der Waals surface area contributed by atoms with Crippen LogP contribution >= 0.6 is 23.2 Å². The minimum Gasteiger partial charge on any atom is -0.356 e. The van der Waals surface area contributed by atoms with Gasteiger partial charge in [-0.3, -0.25) is 9.56 Å². The summed E-state index contributed by atoms with van der Waals surface area (Å²) in [7, 11) is 1.74. The van der Waals surface area contributed by atoms with Crippen molar-refractivity contribution in [2.75, 3.05) is 13.6 Å². The monoisotopic (exact) mass is 416 g/mol. The van der Waals surface area contributed by atoms with Gasteiger partial charge in [-0.2, -0.15) is 0 Å². The van der Waals surface area contributed by atoms with Crippen molar-refractivity contribution in [3.63, 3.8) is 0 Å². The van der Waals surface area contributed by atoms with E-state index in [1.54, 1.807) is 19.4 Å². The summed E-state index contributed by atoms with van der Waals surface area (Å²) in [6, 6.07) is 15.6. The lowest BCUT2D eigenvalue weighted by molar-refractivity contribution is 0.723. The molecule has 6 nitrogen and oxygen atoms in total. The zero-order valence-electron chi connectivity index (χ0n) is 15.6. The highest BCUT2D eigenvalue weighted by atomic mass is 35.5. The number of rotatable bonds is 7. The van der Waals surface area contributed by atoms with Crippen LogP contribution in [0.1, 0.15) is 17.8 Å². The Hall–Kier alpha value is -2.57. The SMILES string of the molecule is CN=C(NCCCc1ccc(Cl)cc1Cl)NCc1nncn1-c1ccccc1. The summed E-state index contributed by atoms with van der Waals surface area (Å²) in [6.07, 6.45) is 3.49. The van der Waals surface area contributed by atoms with Crippen LogP contribution in [0.4, 0.5) is 0 Å². The van der Waals surface area contributed by atoms with Crippen LogP contribution in [0.25, 0.3) is 5.69 Å². The third-order valence-electron chi connectivity index (χ3n) is 4.22. The number of guanidine groups is 1. The minimum atomic E-state index is 0.511. The molecule has 0 atom stereocenters. The topological polar surface area (TPSA) is 67.1 Å². The molecule has 2 aromatic carbocycles. The highest BCUT2D eigenvalue weighted by Gasteiger charge is 2.07. The molecule has 0 radical (unpaired) electrons. The second-order valence-electron chi connectivity index (χ2n) is 6.14. The van der Waals surface area contributed by atoms with E-state index in [2.05, 4.69) is 25.8 Å². The first-order valence-corrected chi connectivity index (χ1v) is 9.75. The van der Waals surface area contributed by atoms with E-state index in [-0.39, 0.29) is 0 Å². The van der Waals surface area contributed by atoms with Gasteiger partial charge in [-0.15, -0.1) is 10.2 Å². The van der Waals surface area contributed by atoms with Gasteiger partial charge in [0.25, 0.3) is 0 Å². The molecular formula is C20H22Cl2N6. The van der Waals surface area contributed by atoms with Crippen molar-refractivity contribution in [2.45, 2.75) is 19.4 Å². The van der Waals surface area contributed by atoms with E-state index in [1.807, 2.05) is 47.0 Å². The smallest absolute Gasteiger partial charge is 0.191 e. The Balaban J connectivity index is 1.47. The fraction of sp³-hybridized carbons (Fsp3) is 0.250. The van der Waals surface area contributed by atoms with Crippen molar-refractivity contribution in [3.05, 3.63) is 76.3 Å². The Morgan fingerprint density at radius 2 is 1.93 bits per heavy atom. The van der Waals surface area contributed by atoms with Gasteiger partial charge in [0, 0.05) is 29.3 Å². The molecule has 0 saturated carbocycles. The maximum absolute atomic E-state index is 6.21. The first-order valence-electron chi connectivity index (χ1n) is 9.00. The summed E-state index contributed by atoms with van der Waals surface area (Å²) < 4.78 is 1.95. The first-order chi connectivity index (χ1) is 13.7. The average molecular weight is 417 g/mol. The molecule has 1 aromatic heterocycles. The zero-order valence-corrected chi connectivity index (χ0v) is 17.1.